The third kappa shape index (κ3) is 3.35. The Morgan fingerprint density at radius 3 is 2.78 bits per heavy atom. The summed E-state index contributed by atoms with van der Waals surface area (Å²) in [5, 5.41) is 0.700. The Bertz CT molecular complexity index is 482. The molecule has 0 spiro atoms. The zero-order valence-electron chi connectivity index (χ0n) is 10.2. The monoisotopic (exact) mass is 265 g/mol. The lowest BCUT2D eigenvalue weighted by molar-refractivity contribution is 0.0120. The Hall–Kier alpha value is -1.29. The highest BCUT2D eigenvalue weighted by Gasteiger charge is 2.19. The summed E-state index contributed by atoms with van der Waals surface area (Å²) >= 11 is 5.92. The van der Waals surface area contributed by atoms with E-state index in [2.05, 4.69) is 0 Å². The van der Waals surface area contributed by atoms with Crippen molar-refractivity contribution in [1.29, 1.82) is 0 Å². The van der Waals surface area contributed by atoms with Crippen LogP contribution in [0.4, 0.5) is 0 Å². The second kappa shape index (κ2) is 6.05. The number of furan rings is 1. The van der Waals surface area contributed by atoms with E-state index in [4.69, 9.17) is 26.5 Å². The van der Waals surface area contributed by atoms with E-state index in [9.17, 15) is 0 Å². The molecule has 2 N–H and O–H groups in total. The molecule has 2 aromatic rings. The van der Waals surface area contributed by atoms with Gasteiger partial charge in [-0.3, -0.25) is 0 Å². The van der Waals surface area contributed by atoms with Crippen LogP contribution in [0.2, 0.25) is 5.02 Å². The second-order valence-electron chi connectivity index (χ2n) is 4.24. The molecule has 4 heteroatoms. The van der Waals surface area contributed by atoms with Crippen molar-refractivity contribution < 1.29 is 9.15 Å². The molecule has 18 heavy (non-hydrogen) atoms. The summed E-state index contributed by atoms with van der Waals surface area (Å²) in [6.07, 6.45) is 1.37. The van der Waals surface area contributed by atoms with Crippen LogP contribution in [-0.2, 0) is 11.3 Å². The maximum Gasteiger partial charge on any atom is 0.134 e. The maximum absolute atomic E-state index is 5.92. The molecule has 0 amide bonds. The number of rotatable bonds is 5. The molecular formula is C14H16ClNO2. The van der Waals surface area contributed by atoms with Crippen molar-refractivity contribution >= 4 is 11.6 Å². The van der Waals surface area contributed by atoms with Crippen LogP contribution in [0.3, 0.4) is 0 Å². The minimum atomic E-state index is -0.251. The largest absolute Gasteiger partial charge is 0.467 e. The number of ether oxygens (including phenoxy) is 1. The van der Waals surface area contributed by atoms with Gasteiger partial charge in [-0.1, -0.05) is 23.7 Å². The first kappa shape index (κ1) is 13.1. The Kier molecular flexibility index (Phi) is 4.42. The van der Waals surface area contributed by atoms with Gasteiger partial charge in [0.2, 0.25) is 0 Å². The summed E-state index contributed by atoms with van der Waals surface area (Å²) in [6, 6.07) is 11.1. The van der Waals surface area contributed by atoms with Crippen LogP contribution in [0.5, 0.6) is 0 Å². The van der Waals surface area contributed by atoms with E-state index in [0.717, 1.165) is 11.3 Å². The predicted octanol–water partition coefficient (Wildman–Crippen LogP) is 3.54. The summed E-state index contributed by atoms with van der Waals surface area (Å²) in [6.45, 7) is 2.35. The van der Waals surface area contributed by atoms with E-state index in [1.165, 1.54) is 0 Å². The molecule has 0 radical (unpaired) electrons. The molecule has 2 rings (SSSR count). The minimum absolute atomic E-state index is 0.143. The third-order valence-corrected chi connectivity index (χ3v) is 2.85. The lowest BCUT2D eigenvalue weighted by atomic mass is 10.1. The molecule has 3 nitrogen and oxygen atoms in total. The first-order valence-electron chi connectivity index (χ1n) is 5.82. The number of hydrogen-bond donors (Lipinski definition) is 1. The molecule has 2 atom stereocenters. The molecule has 1 aromatic carbocycles. The van der Waals surface area contributed by atoms with E-state index in [0.29, 0.717) is 11.6 Å². The Morgan fingerprint density at radius 1 is 1.33 bits per heavy atom. The van der Waals surface area contributed by atoms with Crippen LogP contribution >= 0.6 is 11.6 Å². The van der Waals surface area contributed by atoms with E-state index >= 15 is 0 Å². The van der Waals surface area contributed by atoms with E-state index < -0.39 is 0 Å². The van der Waals surface area contributed by atoms with E-state index in [1.807, 2.05) is 43.3 Å². The summed E-state index contributed by atoms with van der Waals surface area (Å²) in [4.78, 5) is 0. The van der Waals surface area contributed by atoms with Crippen molar-refractivity contribution in [2.24, 2.45) is 5.73 Å². The minimum Gasteiger partial charge on any atom is -0.467 e. The van der Waals surface area contributed by atoms with Crippen LogP contribution in [-0.4, -0.2) is 6.04 Å². The molecule has 0 saturated carbocycles. The first-order valence-corrected chi connectivity index (χ1v) is 6.19. The van der Waals surface area contributed by atoms with Gasteiger partial charge < -0.3 is 14.9 Å². The zero-order valence-corrected chi connectivity index (χ0v) is 10.9. The quantitative estimate of drug-likeness (QED) is 0.900. The normalized spacial score (nSPS) is 14.4. The van der Waals surface area contributed by atoms with Crippen molar-refractivity contribution in [3.05, 3.63) is 59.0 Å². The molecule has 2 unspecified atom stereocenters. The van der Waals surface area contributed by atoms with E-state index in [1.54, 1.807) is 6.26 Å². The lowest BCUT2D eigenvalue weighted by Gasteiger charge is -2.19. The van der Waals surface area contributed by atoms with Crippen LogP contribution < -0.4 is 5.73 Å². The number of benzene rings is 1. The number of hydrogen-bond acceptors (Lipinski definition) is 3. The summed E-state index contributed by atoms with van der Waals surface area (Å²) < 4.78 is 11.1. The average molecular weight is 266 g/mol. The highest BCUT2D eigenvalue weighted by Crippen LogP contribution is 2.23. The molecule has 0 aliphatic carbocycles. The van der Waals surface area contributed by atoms with Crippen LogP contribution in [0.25, 0.3) is 0 Å². The molecule has 96 valence electrons. The maximum atomic E-state index is 5.92. The van der Waals surface area contributed by atoms with Gasteiger partial charge in [0.15, 0.2) is 0 Å². The predicted molar refractivity (Wildman–Crippen MR) is 71.3 cm³/mol. The number of halogens is 1. The highest BCUT2D eigenvalue weighted by molar-refractivity contribution is 6.30. The Balaban J connectivity index is 2.03. The molecular weight excluding hydrogens is 250 g/mol. The van der Waals surface area contributed by atoms with Gasteiger partial charge in [-0.05, 0) is 36.8 Å². The smallest absolute Gasteiger partial charge is 0.134 e. The molecule has 0 bridgehead atoms. The second-order valence-corrected chi connectivity index (χ2v) is 4.67. The molecule has 1 aromatic heterocycles. The van der Waals surface area contributed by atoms with Crippen molar-refractivity contribution in [3.8, 4) is 0 Å². The van der Waals surface area contributed by atoms with Crippen LogP contribution in [0.15, 0.2) is 47.1 Å². The van der Waals surface area contributed by atoms with Gasteiger partial charge >= 0.3 is 0 Å². The average Bonchev–Trinajstić information content (AvgIpc) is 2.82. The fraction of sp³-hybridized carbons (Fsp3) is 0.286. The standard InChI is InChI=1S/C14H16ClNO2/c1-10(16)14(13-6-3-7-17-13)18-9-11-4-2-5-12(15)8-11/h2-8,10,14H,9,16H2,1H3. The van der Waals surface area contributed by atoms with E-state index in [-0.39, 0.29) is 12.1 Å². The van der Waals surface area contributed by atoms with Gasteiger partial charge in [0, 0.05) is 11.1 Å². The van der Waals surface area contributed by atoms with Crippen molar-refractivity contribution in [2.45, 2.75) is 25.7 Å². The topological polar surface area (TPSA) is 48.4 Å². The molecule has 0 fully saturated rings. The molecule has 1 heterocycles. The fourth-order valence-corrected chi connectivity index (χ4v) is 1.97. The van der Waals surface area contributed by atoms with Gasteiger partial charge in [-0.15, -0.1) is 0 Å². The van der Waals surface area contributed by atoms with Gasteiger partial charge in [-0.25, -0.2) is 0 Å². The van der Waals surface area contributed by atoms with Gasteiger partial charge in [0.25, 0.3) is 0 Å². The van der Waals surface area contributed by atoms with Crippen LogP contribution in [0.1, 0.15) is 24.4 Å². The zero-order chi connectivity index (χ0) is 13.0. The summed E-state index contributed by atoms with van der Waals surface area (Å²) in [5.41, 5.74) is 6.92. The van der Waals surface area contributed by atoms with Gasteiger partial charge in [0.05, 0.1) is 12.9 Å². The summed E-state index contributed by atoms with van der Waals surface area (Å²) in [7, 11) is 0. The fourth-order valence-electron chi connectivity index (χ4n) is 1.76. The number of nitrogens with two attached hydrogens (primary N) is 1. The van der Waals surface area contributed by atoms with Gasteiger partial charge in [-0.2, -0.15) is 0 Å². The Morgan fingerprint density at radius 2 is 2.17 bits per heavy atom. The van der Waals surface area contributed by atoms with Crippen molar-refractivity contribution in [3.63, 3.8) is 0 Å². The molecule has 0 aliphatic heterocycles. The van der Waals surface area contributed by atoms with Gasteiger partial charge in [0.1, 0.15) is 11.9 Å². The Labute approximate surface area is 111 Å². The first-order chi connectivity index (χ1) is 8.66. The summed E-state index contributed by atoms with van der Waals surface area (Å²) in [5.74, 6) is 0.743. The van der Waals surface area contributed by atoms with Crippen LogP contribution in [0, 0.1) is 0 Å². The van der Waals surface area contributed by atoms with Crippen molar-refractivity contribution in [1.82, 2.24) is 0 Å². The third-order valence-electron chi connectivity index (χ3n) is 2.62. The lowest BCUT2D eigenvalue weighted by Crippen LogP contribution is -2.26. The highest BCUT2D eigenvalue weighted by atomic mass is 35.5. The van der Waals surface area contributed by atoms with Crippen molar-refractivity contribution in [2.75, 3.05) is 0 Å². The molecule has 0 aliphatic rings. The SMILES string of the molecule is CC(N)C(OCc1cccc(Cl)c1)c1ccco1. The molecule has 0 saturated heterocycles.